The molecule has 3 aromatic rings. The van der Waals surface area contributed by atoms with E-state index in [0.717, 1.165) is 5.76 Å². The summed E-state index contributed by atoms with van der Waals surface area (Å²) in [6, 6.07) is 3.65. The third kappa shape index (κ3) is 1.59. The monoisotopic (exact) mass is 228 g/mol. The molecule has 3 heterocycles. The molecule has 0 bridgehead atoms. The molecule has 1 N–H and O–H groups in total. The summed E-state index contributed by atoms with van der Waals surface area (Å²) in [5.74, 6) is 1.39. The van der Waals surface area contributed by atoms with Gasteiger partial charge in [-0.25, -0.2) is 15.0 Å². The Bertz CT molecular complexity index is 744. The molecule has 6 nitrogen and oxygen atoms in total. The molecular formula is C11H8N4O2. The maximum atomic E-state index is 11.1. The van der Waals surface area contributed by atoms with Crippen molar-refractivity contribution in [1.29, 1.82) is 0 Å². The van der Waals surface area contributed by atoms with Gasteiger partial charge in [-0.05, 0) is 19.1 Å². The number of H-pyrrole nitrogens is 1. The Morgan fingerprint density at radius 1 is 1.24 bits per heavy atom. The van der Waals surface area contributed by atoms with Crippen LogP contribution in [0.15, 0.2) is 33.9 Å². The van der Waals surface area contributed by atoms with Crippen molar-refractivity contribution in [2.24, 2.45) is 0 Å². The second-order valence-electron chi connectivity index (χ2n) is 3.58. The van der Waals surface area contributed by atoms with Crippen molar-refractivity contribution in [3.8, 4) is 11.5 Å². The lowest BCUT2D eigenvalue weighted by atomic mass is 10.3. The Kier molecular flexibility index (Phi) is 2.01. The van der Waals surface area contributed by atoms with Crippen LogP contribution in [0.4, 0.5) is 0 Å². The van der Waals surface area contributed by atoms with Crippen molar-refractivity contribution in [1.82, 2.24) is 19.9 Å². The fourth-order valence-electron chi connectivity index (χ4n) is 1.61. The first-order valence-electron chi connectivity index (χ1n) is 5.01. The first-order valence-corrected chi connectivity index (χ1v) is 5.01. The van der Waals surface area contributed by atoms with Crippen LogP contribution in [-0.4, -0.2) is 19.9 Å². The number of rotatable bonds is 1. The lowest BCUT2D eigenvalue weighted by Crippen LogP contribution is -2.07. The molecular weight excluding hydrogens is 220 g/mol. The fraction of sp³-hybridized carbons (Fsp3) is 0.0909. The molecule has 3 rings (SSSR count). The third-order valence-corrected chi connectivity index (χ3v) is 2.35. The summed E-state index contributed by atoms with van der Waals surface area (Å²) in [6.07, 6.45) is 2.57. The number of furan rings is 1. The van der Waals surface area contributed by atoms with Gasteiger partial charge in [0.2, 0.25) is 0 Å². The summed E-state index contributed by atoms with van der Waals surface area (Å²) in [6.45, 7) is 1.85. The summed E-state index contributed by atoms with van der Waals surface area (Å²) in [4.78, 5) is 25.9. The summed E-state index contributed by atoms with van der Waals surface area (Å²) in [5, 5.41) is 0. The third-order valence-electron chi connectivity index (χ3n) is 2.35. The Morgan fingerprint density at radius 3 is 2.88 bits per heavy atom. The molecule has 0 spiro atoms. The van der Waals surface area contributed by atoms with Crippen LogP contribution in [0, 0.1) is 6.92 Å². The second kappa shape index (κ2) is 3.51. The molecule has 0 saturated carbocycles. The lowest BCUT2D eigenvalue weighted by molar-refractivity contribution is 0.547. The molecule has 84 valence electrons. The van der Waals surface area contributed by atoms with Crippen molar-refractivity contribution < 1.29 is 4.42 Å². The molecule has 0 aliphatic heterocycles. The van der Waals surface area contributed by atoms with Crippen LogP contribution < -0.4 is 5.56 Å². The van der Waals surface area contributed by atoms with Crippen LogP contribution in [-0.2, 0) is 0 Å². The fourth-order valence-corrected chi connectivity index (χ4v) is 1.61. The summed E-state index contributed by atoms with van der Waals surface area (Å²) >= 11 is 0. The van der Waals surface area contributed by atoms with Gasteiger partial charge in [-0.15, -0.1) is 0 Å². The highest BCUT2D eigenvalue weighted by molar-refractivity contribution is 5.84. The molecule has 0 aliphatic rings. The average Bonchev–Trinajstić information content (AvgIpc) is 2.74. The highest BCUT2D eigenvalue weighted by Gasteiger charge is 2.11. The molecule has 0 atom stereocenters. The number of aryl methyl sites for hydroxylation is 1. The number of fused-ring (bicyclic) bond motifs is 1. The lowest BCUT2D eigenvalue weighted by Gasteiger charge is -2.00. The van der Waals surface area contributed by atoms with E-state index in [-0.39, 0.29) is 5.56 Å². The van der Waals surface area contributed by atoms with Gasteiger partial charge >= 0.3 is 0 Å². The SMILES string of the molecule is Cc1ccc(-c2ncnc3[nH]c(=O)cnc23)o1. The predicted molar refractivity (Wildman–Crippen MR) is 60.4 cm³/mol. The number of hydrogen-bond donors (Lipinski definition) is 1. The van der Waals surface area contributed by atoms with E-state index < -0.39 is 0 Å². The number of nitrogens with zero attached hydrogens (tertiary/aromatic N) is 3. The van der Waals surface area contributed by atoms with E-state index in [2.05, 4.69) is 19.9 Å². The van der Waals surface area contributed by atoms with Crippen LogP contribution in [0.1, 0.15) is 5.76 Å². The minimum absolute atomic E-state index is 0.294. The van der Waals surface area contributed by atoms with Crippen molar-refractivity contribution in [3.05, 3.63) is 40.8 Å². The molecule has 17 heavy (non-hydrogen) atoms. The normalized spacial score (nSPS) is 10.9. The van der Waals surface area contributed by atoms with Crippen molar-refractivity contribution in [2.75, 3.05) is 0 Å². The molecule has 0 fully saturated rings. The Morgan fingerprint density at radius 2 is 2.12 bits per heavy atom. The van der Waals surface area contributed by atoms with Gasteiger partial charge in [-0.1, -0.05) is 0 Å². The summed E-state index contributed by atoms with van der Waals surface area (Å²) < 4.78 is 5.49. The van der Waals surface area contributed by atoms with E-state index >= 15 is 0 Å². The van der Waals surface area contributed by atoms with Crippen molar-refractivity contribution in [3.63, 3.8) is 0 Å². The van der Waals surface area contributed by atoms with E-state index in [9.17, 15) is 4.79 Å². The smallest absolute Gasteiger partial charge is 0.268 e. The van der Waals surface area contributed by atoms with Gasteiger partial charge in [-0.3, -0.25) is 4.79 Å². The van der Waals surface area contributed by atoms with Gasteiger partial charge in [0.15, 0.2) is 11.4 Å². The minimum atomic E-state index is -0.294. The maximum absolute atomic E-state index is 11.1. The van der Waals surface area contributed by atoms with Crippen molar-refractivity contribution >= 4 is 11.2 Å². The zero-order valence-electron chi connectivity index (χ0n) is 8.97. The van der Waals surface area contributed by atoms with E-state index in [4.69, 9.17) is 4.42 Å². The molecule has 0 unspecified atom stereocenters. The first kappa shape index (κ1) is 9.71. The highest BCUT2D eigenvalue weighted by Crippen LogP contribution is 2.23. The topological polar surface area (TPSA) is 84.7 Å². The Balaban J connectivity index is 2.33. The second-order valence-corrected chi connectivity index (χ2v) is 3.58. The van der Waals surface area contributed by atoms with Gasteiger partial charge in [0.05, 0.1) is 6.20 Å². The first-order chi connectivity index (χ1) is 8.24. The largest absolute Gasteiger partial charge is 0.460 e. The number of aromatic amines is 1. The van der Waals surface area contributed by atoms with E-state index in [0.29, 0.717) is 22.6 Å². The van der Waals surface area contributed by atoms with Crippen LogP contribution >= 0.6 is 0 Å². The van der Waals surface area contributed by atoms with Gasteiger partial charge in [0.1, 0.15) is 23.3 Å². The zero-order valence-corrected chi connectivity index (χ0v) is 8.97. The van der Waals surface area contributed by atoms with E-state index in [1.54, 1.807) is 0 Å². The number of hydrogen-bond acceptors (Lipinski definition) is 5. The summed E-state index contributed by atoms with van der Waals surface area (Å²) in [5.41, 5.74) is 1.19. The molecule has 0 saturated heterocycles. The number of aromatic nitrogens is 4. The van der Waals surface area contributed by atoms with E-state index in [1.807, 2.05) is 19.1 Å². The van der Waals surface area contributed by atoms with Gasteiger partial charge in [0.25, 0.3) is 5.56 Å². The molecule has 0 radical (unpaired) electrons. The Hall–Kier alpha value is -2.50. The molecule has 0 aliphatic carbocycles. The van der Waals surface area contributed by atoms with Crippen molar-refractivity contribution in [2.45, 2.75) is 6.92 Å². The van der Waals surface area contributed by atoms with Crippen LogP contribution in [0.3, 0.4) is 0 Å². The standard InChI is InChI=1S/C11H8N4O2/c1-6-2-3-7(17-6)9-10-11(14-5-13-9)15-8(16)4-12-10/h2-5H,1H3,(H,13,14,15,16). The highest BCUT2D eigenvalue weighted by atomic mass is 16.3. The van der Waals surface area contributed by atoms with E-state index in [1.165, 1.54) is 12.5 Å². The average molecular weight is 228 g/mol. The number of nitrogens with one attached hydrogen (secondary N) is 1. The summed E-state index contributed by atoms with van der Waals surface area (Å²) in [7, 11) is 0. The van der Waals surface area contributed by atoms with Gasteiger partial charge in [-0.2, -0.15) is 0 Å². The molecule has 3 aromatic heterocycles. The minimum Gasteiger partial charge on any atom is -0.460 e. The molecule has 0 aromatic carbocycles. The molecule has 6 heteroatoms. The molecule has 0 amide bonds. The Labute approximate surface area is 95.4 Å². The van der Waals surface area contributed by atoms with Crippen LogP contribution in [0.2, 0.25) is 0 Å². The quantitative estimate of drug-likeness (QED) is 0.678. The van der Waals surface area contributed by atoms with Crippen LogP contribution in [0.5, 0.6) is 0 Å². The zero-order chi connectivity index (χ0) is 11.8. The maximum Gasteiger partial charge on any atom is 0.268 e. The predicted octanol–water partition coefficient (Wildman–Crippen LogP) is 1.28. The van der Waals surface area contributed by atoms with Gasteiger partial charge in [0, 0.05) is 0 Å². The van der Waals surface area contributed by atoms with Gasteiger partial charge < -0.3 is 9.40 Å². The van der Waals surface area contributed by atoms with Crippen LogP contribution in [0.25, 0.3) is 22.6 Å².